The predicted molar refractivity (Wildman–Crippen MR) is 120 cm³/mol. The maximum Gasteiger partial charge on any atom is 0.372 e. The molecular weight excluding hydrogens is 424 g/mol. The van der Waals surface area contributed by atoms with Gasteiger partial charge < -0.3 is 14.6 Å². The molecule has 168 valence electrons. The van der Waals surface area contributed by atoms with Crippen LogP contribution in [0.15, 0.2) is 72.8 Å². The van der Waals surface area contributed by atoms with Crippen LogP contribution in [0.4, 0.5) is 0 Å². The molecule has 0 radical (unpaired) electrons. The maximum absolute atomic E-state index is 12.1. The first-order valence-electron chi connectivity index (χ1n) is 10.2. The van der Waals surface area contributed by atoms with Crippen LogP contribution in [0.5, 0.6) is 11.5 Å². The van der Waals surface area contributed by atoms with Crippen molar-refractivity contribution >= 4 is 23.3 Å². The Bertz CT molecular complexity index is 1200. The maximum atomic E-state index is 12.1. The van der Waals surface area contributed by atoms with Crippen LogP contribution in [0.2, 0.25) is 0 Å². The van der Waals surface area contributed by atoms with E-state index in [-0.39, 0.29) is 18.0 Å². The molecule has 3 rings (SSSR count). The summed E-state index contributed by atoms with van der Waals surface area (Å²) in [5.41, 5.74) is 2.59. The van der Waals surface area contributed by atoms with Crippen molar-refractivity contribution in [1.29, 1.82) is 0 Å². The standard InChI is InChI=1S/C26H22O7/c1-17(27)20-7-3-9-22(12-20)32-15-18-5-2-6-19(11-18)16-33-23-10-4-8-21(13-23)24(28)14-25(29)26(30)31/h2-13H,14-16H2,1H3,(H,30,31). The van der Waals surface area contributed by atoms with Gasteiger partial charge in [0.15, 0.2) is 11.6 Å². The van der Waals surface area contributed by atoms with Crippen molar-refractivity contribution < 1.29 is 33.8 Å². The number of Topliss-reactive ketones (excluding diaryl/α,β-unsaturated/α-hetero) is 3. The van der Waals surface area contributed by atoms with Gasteiger partial charge in [0.2, 0.25) is 5.78 Å². The Morgan fingerprint density at radius 2 is 1.24 bits per heavy atom. The monoisotopic (exact) mass is 446 g/mol. The van der Waals surface area contributed by atoms with E-state index < -0.39 is 24.0 Å². The van der Waals surface area contributed by atoms with Crippen LogP contribution in [-0.4, -0.2) is 28.4 Å². The van der Waals surface area contributed by atoms with Crippen LogP contribution in [0.1, 0.15) is 45.2 Å². The lowest BCUT2D eigenvalue weighted by molar-refractivity contribution is -0.148. The van der Waals surface area contributed by atoms with Crippen LogP contribution < -0.4 is 9.47 Å². The number of carbonyl (C=O) groups is 4. The molecule has 7 nitrogen and oxygen atoms in total. The van der Waals surface area contributed by atoms with Crippen molar-refractivity contribution in [2.45, 2.75) is 26.6 Å². The average Bonchev–Trinajstić information content (AvgIpc) is 2.82. The van der Waals surface area contributed by atoms with E-state index >= 15 is 0 Å². The van der Waals surface area contributed by atoms with Gasteiger partial charge in [-0.05, 0) is 48.4 Å². The van der Waals surface area contributed by atoms with Gasteiger partial charge in [0.25, 0.3) is 0 Å². The van der Waals surface area contributed by atoms with Gasteiger partial charge in [0.1, 0.15) is 24.7 Å². The van der Waals surface area contributed by atoms with Gasteiger partial charge in [-0.2, -0.15) is 0 Å². The highest BCUT2D eigenvalue weighted by Gasteiger charge is 2.18. The van der Waals surface area contributed by atoms with Gasteiger partial charge in [-0.3, -0.25) is 14.4 Å². The number of carboxylic acid groups (broad SMARTS) is 1. The topological polar surface area (TPSA) is 107 Å². The van der Waals surface area contributed by atoms with Crippen molar-refractivity contribution in [3.8, 4) is 11.5 Å². The minimum Gasteiger partial charge on any atom is -0.489 e. The number of ketones is 3. The molecule has 3 aromatic rings. The molecule has 0 aliphatic carbocycles. The van der Waals surface area contributed by atoms with E-state index in [4.69, 9.17) is 14.6 Å². The number of ether oxygens (including phenoxy) is 2. The number of hydrogen-bond donors (Lipinski definition) is 1. The lowest BCUT2D eigenvalue weighted by Gasteiger charge is -2.10. The molecule has 0 aliphatic heterocycles. The summed E-state index contributed by atoms with van der Waals surface area (Å²) in [6.07, 6.45) is -0.698. The molecule has 0 fully saturated rings. The molecular formula is C26H22O7. The van der Waals surface area contributed by atoms with Crippen molar-refractivity contribution in [1.82, 2.24) is 0 Å². The van der Waals surface area contributed by atoms with Gasteiger partial charge in [-0.1, -0.05) is 42.5 Å². The van der Waals surface area contributed by atoms with E-state index in [2.05, 4.69) is 0 Å². The Hall–Kier alpha value is -4.26. The lowest BCUT2D eigenvalue weighted by atomic mass is 10.1. The van der Waals surface area contributed by atoms with Crippen molar-refractivity contribution in [2.75, 3.05) is 0 Å². The molecule has 0 bridgehead atoms. The number of rotatable bonds is 11. The quantitative estimate of drug-likeness (QED) is 0.266. The second-order valence-electron chi connectivity index (χ2n) is 7.34. The first-order chi connectivity index (χ1) is 15.8. The van der Waals surface area contributed by atoms with E-state index in [1.165, 1.54) is 19.1 Å². The zero-order chi connectivity index (χ0) is 23.8. The third-order valence-electron chi connectivity index (χ3n) is 4.76. The second-order valence-corrected chi connectivity index (χ2v) is 7.34. The summed E-state index contributed by atoms with van der Waals surface area (Å²) in [7, 11) is 0. The van der Waals surface area contributed by atoms with Gasteiger partial charge >= 0.3 is 5.97 Å². The van der Waals surface area contributed by atoms with Gasteiger partial charge in [-0.25, -0.2) is 4.79 Å². The van der Waals surface area contributed by atoms with E-state index in [0.717, 1.165) is 11.1 Å². The Kier molecular flexibility index (Phi) is 7.70. The van der Waals surface area contributed by atoms with Crippen LogP contribution in [0.3, 0.4) is 0 Å². The summed E-state index contributed by atoms with van der Waals surface area (Å²) in [6, 6.07) is 20.9. The van der Waals surface area contributed by atoms with E-state index in [1.54, 1.807) is 36.4 Å². The largest absolute Gasteiger partial charge is 0.489 e. The summed E-state index contributed by atoms with van der Waals surface area (Å²) in [6.45, 7) is 2.06. The van der Waals surface area contributed by atoms with Gasteiger partial charge in [-0.15, -0.1) is 0 Å². The molecule has 0 unspecified atom stereocenters. The summed E-state index contributed by atoms with van der Waals surface area (Å²) in [5, 5.41) is 8.65. The molecule has 0 saturated heterocycles. The fraction of sp³-hybridized carbons (Fsp3) is 0.154. The number of carbonyl (C=O) groups excluding carboxylic acids is 3. The Labute approximate surface area is 190 Å². The molecule has 33 heavy (non-hydrogen) atoms. The molecule has 0 aromatic heterocycles. The summed E-state index contributed by atoms with van der Waals surface area (Å²) >= 11 is 0. The third kappa shape index (κ3) is 6.87. The van der Waals surface area contributed by atoms with Crippen LogP contribution in [-0.2, 0) is 22.8 Å². The molecule has 0 heterocycles. The molecule has 0 aliphatic rings. The Morgan fingerprint density at radius 1 is 0.727 bits per heavy atom. The zero-order valence-electron chi connectivity index (χ0n) is 17.9. The van der Waals surface area contributed by atoms with E-state index in [0.29, 0.717) is 23.7 Å². The van der Waals surface area contributed by atoms with E-state index in [9.17, 15) is 19.2 Å². The minimum absolute atomic E-state index is 0.0288. The summed E-state index contributed by atoms with van der Waals surface area (Å²) in [5.74, 6) is -2.37. The number of carboxylic acids is 1. The fourth-order valence-electron chi connectivity index (χ4n) is 3.03. The minimum atomic E-state index is -1.63. The highest BCUT2D eigenvalue weighted by Crippen LogP contribution is 2.19. The third-order valence-corrected chi connectivity index (χ3v) is 4.76. The molecule has 0 amide bonds. The average molecular weight is 446 g/mol. The molecule has 3 aromatic carbocycles. The zero-order valence-corrected chi connectivity index (χ0v) is 17.9. The first-order valence-corrected chi connectivity index (χ1v) is 10.2. The highest BCUT2D eigenvalue weighted by molar-refractivity contribution is 6.37. The van der Waals surface area contributed by atoms with Crippen molar-refractivity contribution in [3.63, 3.8) is 0 Å². The van der Waals surface area contributed by atoms with Crippen molar-refractivity contribution in [2.24, 2.45) is 0 Å². The second kappa shape index (κ2) is 10.9. The first kappa shape index (κ1) is 23.4. The number of hydrogen-bond acceptors (Lipinski definition) is 6. The highest BCUT2D eigenvalue weighted by atomic mass is 16.5. The smallest absolute Gasteiger partial charge is 0.372 e. The molecule has 0 atom stereocenters. The molecule has 0 spiro atoms. The Balaban J connectivity index is 1.59. The summed E-state index contributed by atoms with van der Waals surface area (Å²) < 4.78 is 11.6. The molecule has 7 heteroatoms. The van der Waals surface area contributed by atoms with E-state index in [1.807, 2.05) is 24.3 Å². The van der Waals surface area contributed by atoms with Crippen LogP contribution >= 0.6 is 0 Å². The normalized spacial score (nSPS) is 10.3. The van der Waals surface area contributed by atoms with Crippen LogP contribution in [0, 0.1) is 0 Å². The number of benzene rings is 3. The van der Waals surface area contributed by atoms with Crippen LogP contribution in [0.25, 0.3) is 0 Å². The van der Waals surface area contributed by atoms with Gasteiger partial charge in [0, 0.05) is 11.1 Å². The summed E-state index contributed by atoms with van der Waals surface area (Å²) in [4.78, 5) is 45.5. The van der Waals surface area contributed by atoms with Crippen molar-refractivity contribution in [3.05, 3.63) is 95.1 Å². The molecule has 1 N–H and O–H groups in total. The lowest BCUT2D eigenvalue weighted by Crippen LogP contribution is -2.17. The predicted octanol–water partition coefficient (Wildman–Crippen LogP) is 4.27. The van der Waals surface area contributed by atoms with Gasteiger partial charge in [0.05, 0.1) is 6.42 Å². The molecule has 0 saturated carbocycles. The SMILES string of the molecule is CC(=O)c1cccc(OCc2cccc(COc3cccc(C(=O)CC(=O)C(=O)O)c3)c2)c1. The fourth-order valence-corrected chi connectivity index (χ4v) is 3.03. The number of aliphatic carboxylic acids is 1. The Morgan fingerprint density at radius 3 is 1.79 bits per heavy atom.